The van der Waals surface area contributed by atoms with Gasteiger partial charge in [0.2, 0.25) is 0 Å². The van der Waals surface area contributed by atoms with Crippen LogP contribution in [-0.2, 0) is 5.41 Å². The van der Waals surface area contributed by atoms with Gasteiger partial charge in [-0.2, -0.15) is 10.5 Å². The van der Waals surface area contributed by atoms with Crippen LogP contribution in [0.25, 0.3) is 0 Å². The molecule has 0 unspecified atom stereocenters. The highest BCUT2D eigenvalue weighted by atomic mass is 35.5. The third-order valence-corrected chi connectivity index (χ3v) is 4.38. The molecule has 0 heterocycles. The number of halogens is 1. The minimum Gasteiger partial charge on any atom is -0.507 e. The fourth-order valence-corrected chi connectivity index (χ4v) is 2.83. The van der Waals surface area contributed by atoms with Gasteiger partial charge in [0.05, 0.1) is 27.8 Å². The lowest BCUT2D eigenvalue weighted by molar-refractivity contribution is 0.102. The van der Waals surface area contributed by atoms with Gasteiger partial charge in [0.25, 0.3) is 5.91 Å². The number of carbonyl (C=O) groups is 1. The Labute approximate surface area is 157 Å². The molecule has 0 aromatic heterocycles. The van der Waals surface area contributed by atoms with Crippen LogP contribution in [0.1, 0.15) is 53.4 Å². The third-order valence-electron chi connectivity index (χ3n) is 4.06. The molecule has 6 heteroatoms. The second kappa shape index (κ2) is 7.07. The molecule has 0 radical (unpaired) electrons. The molecule has 0 saturated heterocycles. The summed E-state index contributed by atoms with van der Waals surface area (Å²) in [5.41, 5.74) is 1.53. The summed E-state index contributed by atoms with van der Waals surface area (Å²) < 4.78 is 0. The number of rotatable bonds is 2. The van der Waals surface area contributed by atoms with E-state index in [4.69, 9.17) is 16.9 Å². The molecule has 0 saturated carbocycles. The second-order valence-electron chi connectivity index (χ2n) is 6.94. The zero-order valence-electron chi connectivity index (χ0n) is 14.9. The van der Waals surface area contributed by atoms with Crippen molar-refractivity contribution in [3.8, 4) is 17.9 Å². The van der Waals surface area contributed by atoms with E-state index in [1.165, 1.54) is 12.1 Å². The van der Waals surface area contributed by atoms with E-state index in [1.54, 1.807) is 19.1 Å². The van der Waals surface area contributed by atoms with Crippen LogP contribution in [0, 0.1) is 29.6 Å². The lowest BCUT2D eigenvalue weighted by atomic mass is 9.82. The molecule has 2 aromatic carbocycles. The molecule has 0 atom stereocenters. The summed E-state index contributed by atoms with van der Waals surface area (Å²) >= 11 is 5.99. The zero-order valence-corrected chi connectivity index (χ0v) is 15.7. The number of hydrogen-bond donors (Lipinski definition) is 2. The van der Waals surface area contributed by atoms with E-state index in [9.17, 15) is 15.2 Å². The van der Waals surface area contributed by atoms with Crippen LogP contribution in [0.3, 0.4) is 0 Å². The van der Waals surface area contributed by atoms with Crippen molar-refractivity contribution in [2.24, 2.45) is 0 Å². The zero-order chi connectivity index (χ0) is 19.6. The SMILES string of the molecule is Cc1c(C#N)cc(C(C)(C)C)c(O)c1C(=O)Nc1ccc(C#N)c(Cl)c1. The number of amides is 1. The minimum atomic E-state index is -0.552. The Morgan fingerprint density at radius 2 is 1.77 bits per heavy atom. The van der Waals surface area contributed by atoms with E-state index >= 15 is 0 Å². The van der Waals surface area contributed by atoms with E-state index in [0.717, 1.165) is 0 Å². The van der Waals surface area contributed by atoms with Crippen LogP contribution < -0.4 is 5.32 Å². The van der Waals surface area contributed by atoms with Crippen molar-refractivity contribution in [1.29, 1.82) is 10.5 Å². The Morgan fingerprint density at radius 3 is 2.27 bits per heavy atom. The number of anilines is 1. The molecule has 0 aliphatic rings. The number of nitrogens with zero attached hydrogens (tertiary/aromatic N) is 2. The summed E-state index contributed by atoms with van der Waals surface area (Å²) in [6, 6.07) is 10.1. The summed E-state index contributed by atoms with van der Waals surface area (Å²) in [6.07, 6.45) is 0. The first-order valence-electron chi connectivity index (χ1n) is 7.88. The summed E-state index contributed by atoms with van der Waals surface area (Å²) in [6.45, 7) is 7.28. The predicted molar refractivity (Wildman–Crippen MR) is 100 cm³/mol. The molecule has 0 spiro atoms. The van der Waals surface area contributed by atoms with Crippen molar-refractivity contribution in [2.75, 3.05) is 5.32 Å². The molecule has 0 fully saturated rings. The van der Waals surface area contributed by atoms with E-state index in [-0.39, 0.29) is 16.3 Å². The maximum Gasteiger partial charge on any atom is 0.259 e. The van der Waals surface area contributed by atoms with Crippen molar-refractivity contribution < 1.29 is 9.90 Å². The standard InChI is InChI=1S/C20H18ClN3O2/c1-11-13(10-23)7-15(20(2,3)4)18(25)17(11)19(26)24-14-6-5-12(9-22)16(21)8-14/h5-8,25H,1-4H3,(H,24,26). The fraction of sp³-hybridized carbons (Fsp3) is 0.250. The van der Waals surface area contributed by atoms with Gasteiger partial charge in [-0.3, -0.25) is 4.79 Å². The van der Waals surface area contributed by atoms with Crippen molar-refractivity contribution in [3.05, 3.63) is 57.1 Å². The molecule has 2 rings (SSSR count). The smallest absolute Gasteiger partial charge is 0.259 e. The van der Waals surface area contributed by atoms with E-state index in [2.05, 4.69) is 11.4 Å². The Kier molecular flexibility index (Phi) is 5.25. The normalized spacial score (nSPS) is 10.7. The minimum absolute atomic E-state index is 0.0504. The van der Waals surface area contributed by atoms with Gasteiger partial charge in [0.1, 0.15) is 11.8 Å². The van der Waals surface area contributed by atoms with Gasteiger partial charge in [-0.1, -0.05) is 32.4 Å². The van der Waals surface area contributed by atoms with Crippen molar-refractivity contribution >= 4 is 23.2 Å². The number of nitriles is 2. The largest absolute Gasteiger partial charge is 0.507 e. The first-order valence-corrected chi connectivity index (χ1v) is 8.26. The van der Waals surface area contributed by atoms with E-state index in [0.29, 0.717) is 27.9 Å². The quantitative estimate of drug-likeness (QED) is 0.807. The molecular formula is C20H18ClN3O2. The average molecular weight is 368 g/mol. The van der Waals surface area contributed by atoms with Crippen LogP contribution >= 0.6 is 11.6 Å². The Hall–Kier alpha value is -3.02. The average Bonchev–Trinajstić information content (AvgIpc) is 2.54. The summed E-state index contributed by atoms with van der Waals surface area (Å²) in [5.74, 6) is -0.699. The molecular weight excluding hydrogens is 350 g/mol. The van der Waals surface area contributed by atoms with Crippen LogP contribution in [0.5, 0.6) is 5.75 Å². The number of phenols is 1. The number of benzene rings is 2. The molecule has 0 aliphatic heterocycles. The van der Waals surface area contributed by atoms with Crippen LogP contribution in [0.4, 0.5) is 5.69 Å². The maximum atomic E-state index is 12.8. The monoisotopic (exact) mass is 367 g/mol. The van der Waals surface area contributed by atoms with E-state index in [1.807, 2.05) is 26.8 Å². The van der Waals surface area contributed by atoms with Gasteiger partial charge in [0.15, 0.2) is 0 Å². The van der Waals surface area contributed by atoms with Gasteiger partial charge in [-0.05, 0) is 42.2 Å². The molecule has 1 amide bonds. The van der Waals surface area contributed by atoms with Crippen LogP contribution in [-0.4, -0.2) is 11.0 Å². The number of nitrogens with one attached hydrogen (secondary N) is 1. The number of aromatic hydroxyl groups is 1. The van der Waals surface area contributed by atoms with Crippen molar-refractivity contribution in [3.63, 3.8) is 0 Å². The molecule has 26 heavy (non-hydrogen) atoms. The highest BCUT2D eigenvalue weighted by Crippen LogP contribution is 2.37. The van der Waals surface area contributed by atoms with Crippen LogP contribution in [0.15, 0.2) is 24.3 Å². The van der Waals surface area contributed by atoms with Gasteiger partial charge < -0.3 is 10.4 Å². The van der Waals surface area contributed by atoms with Crippen LogP contribution in [0.2, 0.25) is 5.02 Å². The molecule has 132 valence electrons. The molecule has 0 bridgehead atoms. The Bertz CT molecular complexity index is 977. The Morgan fingerprint density at radius 1 is 1.15 bits per heavy atom. The molecule has 5 nitrogen and oxygen atoms in total. The number of hydrogen-bond acceptors (Lipinski definition) is 4. The first kappa shape index (κ1) is 19.3. The highest BCUT2D eigenvalue weighted by molar-refractivity contribution is 6.32. The predicted octanol–water partition coefficient (Wildman–Crippen LogP) is 4.65. The first-order chi connectivity index (χ1) is 12.1. The van der Waals surface area contributed by atoms with Gasteiger partial charge in [-0.25, -0.2) is 0 Å². The van der Waals surface area contributed by atoms with E-state index < -0.39 is 11.3 Å². The summed E-state index contributed by atoms with van der Waals surface area (Å²) in [5, 5.41) is 31.8. The molecule has 2 N–H and O–H groups in total. The van der Waals surface area contributed by atoms with Gasteiger partial charge in [-0.15, -0.1) is 0 Å². The van der Waals surface area contributed by atoms with Crippen molar-refractivity contribution in [2.45, 2.75) is 33.1 Å². The molecule has 0 aliphatic carbocycles. The third kappa shape index (κ3) is 3.64. The van der Waals surface area contributed by atoms with Crippen molar-refractivity contribution in [1.82, 2.24) is 0 Å². The molecule has 2 aromatic rings. The maximum absolute atomic E-state index is 12.8. The summed E-state index contributed by atoms with van der Waals surface area (Å²) in [4.78, 5) is 12.8. The second-order valence-corrected chi connectivity index (χ2v) is 7.35. The van der Waals surface area contributed by atoms with Gasteiger partial charge >= 0.3 is 0 Å². The lowest BCUT2D eigenvalue weighted by Crippen LogP contribution is -2.19. The lowest BCUT2D eigenvalue weighted by Gasteiger charge is -2.23. The Balaban J connectivity index is 2.54. The fourth-order valence-electron chi connectivity index (χ4n) is 2.61. The summed E-state index contributed by atoms with van der Waals surface area (Å²) in [7, 11) is 0. The van der Waals surface area contributed by atoms with Gasteiger partial charge in [0, 0.05) is 11.3 Å². The topological polar surface area (TPSA) is 96.9 Å². The number of phenolic OH excluding ortho intramolecular Hbond substituents is 1. The number of carbonyl (C=O) groups excluding carboxylic acids is 1. The highest BCUT2D eigenvalue weighted by Gasteiger charge is 2.26.